The zero-order valence-corrected chi connectivity index (χ0v) is 26.6. The first-order valence-corrected chi connectivity index (χ1v) is 16.3. The summed E-state index contributed by atoms with van der Waals surface area (Å²) in [6.07, 6.45) is 0.194. The second kappa shape index (κ2) is 15.5. The maximum Gasteiger partial charge on any atom is 0.264 e. The number of hydrogen-bond donors (Lipinski definition) is 1. The van der Waals surface area contributed by atoms with E-state index in [1.165, 1.54) is 17.0 Å². The van der Waals surface area contributed by atoms with Crippen LogP contribution in [0.25, 0.3) is 0 Å². The molecular formula is C34H35ClFN3O5S. The predicted molar refractivity (Wildman–Crippen MR) is 173 cm³/mol. The molecule has 2 amide bonds. The van der Waals surface area contributed by atoms with Crippen molar-refractivity contribution < 1.29 is 27.1 Å². The van der Waals surface area contributed by atoms with Gasteiger partial charge in [-0.15, -0.1) is 0 Å². The second-order valence-corrected chi connectivity index (χ2v) is 12.4. The fourth-order valence-corrected chi connectivity index (χ4v) is 6.31. The van der Waals surface area contributed by atoms with Crippen molar-refractivity contribution >= 4 is 39.1 Å². The van der Waals surface area contributed by atoms with Crippen LogP contribution >= 0.6 is 11.6 Å². The summed E-state index contributed by atoms with van der Waals surface area (Å²) in [5.74, 6) is -1.07. The van der Waals surface area contributed by atoms with Gasteiger partial charge in [-0.3, -0.25) is 13.9 Å². The highest BCUT2D eigenvalue weighted by atomic mass is 35.5. The van der Waals surface area contributed by atoms with Gasteiger partial charge in [-0.05, 0) is 85.6 Å². The van der Waals surface area contributed by atoms with E-state index in [-0.39, 0.29) is 29.5 Å². The lowest BCUT2D eigenvalue weighted by atomic mass is 10.0. The van der Waals surface area contributed by atoms with Crippen LogP contribution in [0.1, 0.15) is 25.0 Å². The minimum Gasteiger partial charge on any atom is -0.494 e. The molecule has 0 radical (unpaired) electrons. The molecule has 4 aromatic carbocycles. The first kappa shape index (κ1) is 33.5. The summed E-state index contributed by atoms with van der Waals surface area (Å²) in [5.41, 5.74) is 1.72. The number of carbonyl (C=O) groups excluding carboxylic acids is 2. The normalized spacial score (nSPS) is 11.8. The molecule has 0 fully saturated rings. The van der Waals surface area contributed by atoms with Gasteiger partial charge >= 0.3 is 0 Å². The van der Waals surface area contributed by atoms with Crippen LogP contribution in [0.3, 0.4) is 0 Å². The van der Waals surface area contributed by atoms with E-state index in [9.17, 15) is 22.4 Å². The number of amides is 2. The molecule has 0 unspecified atom stereocenters. The zero-order valence-electron chi connectivity index (χ0n) is 25.0. The quantitative estimate of drug-likeness (QED) is 0.185. The number of ether oxygens (including phenoxy) is 1. The van der Waals surface area contributed by atoms with Crippen LogP contribution in [0.4, 0.5) is 10.1 Å². The van der Waals surface area contributed by atoms with Gasteiger partial charge in [0.15, 0.2) is 0 Å². The maximum atomic E-state index is 14.4. The molecule has 45 heavy (non-hydrogen) atoms. The Morgan fingerprint density at radius 3 is 2.11 bits per heavy atom. The van der Waals surface area contributed by atoms with Crippen LogP contribution < -0.4 is 14.4 Å². The lowest BCUT2D eigenvalue weighted by Gasteiger charge is -2.34. The molecule has 0 bridgehead atoms. The largest absolute Gasteiger partial charge is 0.494 e. The van der Waals surface area contributed by atoms with Gasteiger partial charge < -0.3 is 15.0 Å². The molecule has 0 aliphatic heterocycles. The van der Waals surface area contributed by atoms with Crippen molar-refractivity contribution in [2.24, 2.45) is 0 Å². The number of nitrogens with zero attached hydrogens (tertiary/aromatic N) is 2. The van der Waals surface area contributed by atoms with Gasteiger partial charge in [0.25, 0.3) is 10.0 Å². The smallest absolute Gasteiger partial charge is 0.264 e. The number of carbonyl (C=O) groups is 2. The van der Waals surface area contributed by atoms with Crippen molar-refractivity contribution in [3.05, 3.63) is 125 Å². The van der Waals surface area contributed by atoms with Crippen LogP contribution in [-0.2, 0) is 32.6 Å². The summed E-state index contributed by atoms with van der Waals surface area (Å²) >= 11 is 6.11. The third-order valence-corrected chi connectivity index (χ3v) is 9.04. The topological polar surface area (TPSA) is 96.0 Å². The Kier molecular flexibility index (Phi) is 11.6. The molecule has 236 valence electrons. The molecule has 0 saturated heterocycles. The van der Waals surface area contributed by atoms with E-state index in [0.717, 1.165) is 34.1 Å². The van der Waals surface area contributed by atoms with E-state index in [1.54, 1.807) is 43.3 Å². The van der Waals surface area contributed by atoms with E-state index < -0.39 is 34.3 Å². The monoisotopic (exact) mass is 651 g/mol. The van der Waals surface area contributed by atoms with Crippen molar-refractivity contribution in [3.63, 3.8) is 0 Å². The third-order valence-electron chi connectivity index (χ3n) is 7.00. The highest BCUT2D eigenvalue weighted by Gasteiger charge is 2.34. The highest BCUT2D eigenvalue weighted by Crippen LogP contribution is 2.27. The minimum absolute atomic E-state index is 0.0123. The maximum absolute atomic E-state index is 14.4. The lowest BCUT2D eigenvalue weighted by Crippen LogP contribution is -2.53. The SMILES string of the molecule is CCNC(=O)[C@H](Cc1ccccc1)N(Cc1ccc(Cl)cc1)C(=O)CN(c1ccc(OCC)cc1)S(=O)(=O)c1ccc(F)cc1. The molecule has 1 N–H and O–H groups in total. The Bertz CT molecular complexity index is 1670. The molecule has 0 aliphatic carbocycles. The Hall–Kier alpha value is -4.41. The average molecular weight is 652 g/mol. The zero-order chi connectivity index (χ0) is 32.4. The Balaban J connectivity index is 1.79. The van der Waals surface area contributed by atoms with Gasteiger partial charge in [-0.1, -0.05) is 54.1 Å². The molecule has 4 rings (SSSR count). The minimum atomic E-state index is -4.36. The number of likely N-dealkylation sites (N-methyl/N-ethyl adjacent to an activating group) is 1. The number of sulfonamides is 1. The summed E-state index contributed by atoms with van der Waals surface area (Å²) < 4.78 is 48.2. The molecule has 11 heteroatoms. The van der Waals surface area contributed by atoms with E-state index in [2.05, 4.69) is 5.32 Å². The van der Waals surface area contributed by atoms with Crippen LogP contribution in [0.5, 0.6) is 5.75 Å². The number of benzene rings is 4. The van der Waals surface area contributed by atoms with Gasteiger partial charge in [-0.25, -0.2) is 12.8 Å². The van der Waals surface area contributed by atoms with Crippen molar-refractivity contribution in [3.8, 4) is 5.75 Å². The molecule has 0 spiro atoms. The summed E-state index contributed by atoms with van der Waals surface area (Å²) in [4.78, 5) is 29.1. The number of hydrogen-bond acceptors (Lipinski definition) is 5. The fraction of sp³-hybridized carbons (Fsp3) is 0.235. The average Bonchev–Trinajstić information content (AvgIpc) is 3.03. The van der Waals surface area contributed by atoms with Crippen molar-refractivity contribution in [1.29, 1.82) is 0 Å². The van der Waals surface area contributed by atoms with E-state index in [0.29, 0.717) is 29.5 Å². The molecule has 4 aromatic rings. The van der Waals surface area contributed by atoms with Crippen LogP contribution in [0.2, 0.25) is 5.02 Å². The van der Waals surface area contributed by atoms with Crippen LogP contribution in [0.15, 0.2) is 108 Å². The summed E-state index contributed by atoms with van der Waals surface area (Å²) in [5, 5.41) is 3.33. The molecular weight excluding hydrogens is 617 g/mol. The number of anilines is 1. The van der Waals surface area contributed by atoms with Crippen molar-refractivity contribution in [1.82, 2.24) is 10.2 Å². The summed E-state index contributed by atoms with van der Waals surface area (Å²) in [6.45, 7) is 3.74. The van der Waals surface area contributed by atoms with Gasteiger partial charge in [0, 0.05) is 24.5 Å². The lowest BCUT2D eigenvalue weighted by molar-refractivity contribution is -0.140. The Morgan fingerprint density at radius 2 is 1.51 bits per heavy atom. The molecule has 0 heterocycles. The molecule has 1 atom stereocenters. The van der Waals surface area contributed by atoms with Crippen LogP contribution in [-0.4, -0.2) is 50.9 Å². The van der Waals surface area contributed by atoms with Gasteiger partial charge in [0.05, 0.1) is 17.2 Å². The number of halogens is 2. The predicted octanol–water partition coefficient (Wildman–Crippen LogP) is 5.85. The summed E-state index contributed by atoms with van der Waals surface area (Å²) in [6, 6.07) is 25.8. The van der Waals surface area contributed by atoms with E-state index in [4.69, 9.17) is 16.3 Å². The van der Waals surface area contributed by atoms with Gasteiger partial charge in [0.2, 0.25) is 11.8 Å². The molecule has 8 nitrogen and oxygen atoms in total. The van der Waals surface area contributed by atoms with Crippen LogP contribution in [0, 0.1) is 5.82 Å². The molecule has 0 aliphatic rings. The van der Waals surface area contributed by atoms with E-state index in [1.807, 2.05) is 37.3 Å². The number of nitrogens with one attached hydrogen (secondary N) is 1. The fourth-order valence-electron chi connectivity index (χ4n) is 4.77. The van der Waals surface area contributed by atoms with Crippen molar-refractivity contribution in [2.75, 3.05) is 24.0 Å². The molecule has 0 saturated carbocycles. The second-order valence-electron chi connectivity index (χ2n) is 10.1. The molecule has 0 aromatic heterocycles. The Morgan fingerprint density at radius 1 is 0.867 bits per heavy atom. The van der Waals surface area contributed by atoms with Gasteiger partial charge in [0.1, 0.15) is 24.2 Å². The van der Waals surface area contributed by atoms with Gasteiger partial charge in [-0.2, -0.15) is 0 Å². The standard InChI is InChI=1S/C34H35ClFN3O5S/c1-3-37-34(41)32(22-25-8-6-5-7-9-25)38(23-26-10-12-27(35)13-11-26)33(40)24-39(29-16-18-30(19-17-29)44-4-2)45(42,43)31-20-14-28(36)15-21-31/h5-21,32H,3-4,22-24H2,1-2H3,(H,37,41)/t32-/m0/s1. The van der Waals surface area contributed by atoms with E-state index >= 15 is 0 Å². The third kappa shape index (κ3) is 8.83. The summed E-state index contributed by atoms with van der Waals surface area (Å²) in [7, 11) is -4.36. The first-order valence-electron chi connectivity index (χ1n) is 14.5. The first-order chi connectivity index (χ1) is 21.6. The Labute approximate surface area is 268 Å². The number of rotatable bonds is 14. The van der Waals surface area contributed by atoms with Crippen molar-refractivity contribution in [2.45, 2.75) is 37.8 Å². The highest BCUT2D eigenvalue weighted by molar-refractivity contribution is 7.92.